The topological polar surface area (TPSA) is 102 Å². The first-order chi connectivity index (χ1) is 13.5. The van der Waals surface area contributed by atoms with Crippen molar-refractivity contribution in [3.05, 3.63) is 53.6 Å². The summed E-state index contributed by atoms with van der Waals surface area (Å²) in [6, 6.07) is 10.3. The summed E-state index contributed by atoms with van der Waals surface area (Å²) in [7, 11) is 1.38. The minimum Gasteiger partial charge on any atom is -0.493 e. The summed E-state index contributed by atoms with van der Waals surface area (Å²) in [5.41, 5.74) is 0.717. The van der Waals surface area contributed by atoms with Crippen molar-refractivity contribution in [2.75, 3.05) is 19.0 Å². The highest BCUT2D eigenvalue weighted by Crippen LogP contribution is 2.37. The third-order valence-corrected chi connectivity index (χ3v) is 4.71. The molecule has 142 valence electrons. The Morgan fingerprint density at radius 2 is 1.86 bits per heavy atom. The zero-order valence-corrected chi connectivity index (χ0v) is 14.9. The third-order valence-electron chi connectivity index (χ3n) is 4.71. The fraction of sp³-hybridized carbons (Fsp3) is 0.200. The number of esters is 1. The number of methoxy groups -OCH3 is 1. The second kappa shape index (κ2) is 6.80. The fourth-order valence-electron chi connectivity index (χ4n) is 3.32. The van der Waals surface area contributed by atoms with Crippen molar-refractivity contribution in [1.82, 2.24) is 4.90 Å². The van der Waals surface area contributed by atoms with Crippen molar-refractivity contribution in [2.24, 2.45) is 0 Å². The molecule has 1 N–H and O–H groups in total. The highest BCUT2D eigenvalue weighted by molar-refractivity contribution is 6.14. The standard InChI is InChI=1S/C20H16N2O6/c1-27-16-8-13-14(9-17(16)28-20(26)11-5-3-2-4-6-11)21-18(24)15-7-12(23)10-22(15)19(13)25/h2-6,8-9,15H,7,10H2,1H3,(H,21,24)/t15-/m0/s1. The highest BCUT2D eigenvalue weighted by Gasteiger charge is 2.42. The first-order valence-corrected chi connectivity index (χ1v) is 8.60. The molecule has 28 heavy (non-hydrogen) atoms. The number of nitrogens with zero attached hydrogens (tertiary/aromatic N) is 1. The molecule has 2 aliphatic rings. The summed E-state index contributed by atoms with van der Waals surface area (Å²) in [6.07, 6.45) is -0.0153. The van der Waals surface area contributed by atoms with Crippen LogP contribution in [0.15, 0.2) is 42.5 Å². The number of amides is 2. The SMILES string of the molecule is COc1cc2c(cc1OC(=O)c1ccccc1)NC(=O)[C@@H]1CC(=O)CN1C2=O. The summed E-state index contributed by atoms with van der Waals surface area (Å²) in [6.45, 7) is -0.108. The van der Waals surface area contributed by atoms with E-state index in [2.05, 4.69) is 5.32 Å². The van der Waals surface area contributed by atoms with Crippen LogP contribution in [0.3, 0.4) is 0 Å². The van der Waals surface area contributed by atoms with Crippen LogP contribution in [-0.2, 0) is 9.59 Å². The van der Waals surface area contributed by atoms with E-state index in [-0.39, 0.29) is 41.5 Å². The normalized spacial score (nSPS) is 18.1. The van der Waals surface area contributed by atoms with E-state index in [0.717, 1.165) is 0 Å². The van der Waals surface area contributed by atoms with Gasteiger partial charge in [-0.1, -0.05) is 18.2 Å². The molecule has 0 aromatic heterocycles. The van der Waals surface area contributed by atoms with Gasteiger partial charge in [0.25, 0.3) is 5.91 Å². The van der Waals surface area contributed by atoms with Gasteiger partial charge >= 0.3 is 5.97 Å². The van der Waals surface area contributed by atoms with E-state index >= 15 is 0 Å². The van der Waals surface area contributed by atoms with Crippen LogP contribution < -0.4 is 14.8 Å². The number of carbonyl (C=O) groups excluding carboxylic acids is 4. The van der Waals surface area contributed by atoms with Crippen molar-refractivity contribution in [3.63, 3.8) is 0 Å². The van der Waals surface area contributed by atoms with Gasteiger partial charge in [0, 0.05) is 12.5 Å². The number of rotatable bonds is 3. The van der Waals surface area contributed by atoms with Crippen LogP contribution in [0, 0.1) is 0 Å². The van der Waals surface area contributed by atoms with E-state index in [9.17, 15) is 19.2 Å². The number of fused-ring (bicyclic) bond motifs is 2. The molecule has 8 heteroatoms. The molecule has 0 saturated carbocycles. The van der Waals surface area contributed by atoms with Gasteiger partial charge in [-0.05, 0) is 18.2 Å². The molecular weight excluding hydrogens is 364 g/mol. The van der Waals surface area contributed by atoms with Crippen LogP contribution in [-0.4, -0.2) is 48.2 Å². The van der Waals surface area contributed by atoms with Crippen molar-refractivity contribution >= 4 is 29.3 Å². The molecule has 0 spiro atoms. The number of hydrogen-bond donors (Lipinski definition) is 1. The lowest BCUT2D eigenvalue weighted by Gasteiger charge is -2.19. The Labute approximate surface area is 160 Å². The average Bonchev–Trinajstić information content (AvgIpc) is 3.06. The molecule has 2 amide bonds. The lowest BCUT2D eigenvalue weighted by molar-refractivity contribution is -0.121. The van der Waals surface area contributed by atoms with E-state index < -0.39 is 23.8 Å². The molecule has 2 heterocycles. The summed E-state index contributed by atoms with van der Waals surface area (Å²) >= 11 is 0. The summed E-state index contributed by atoms with van der Waals surface area (Å²) in [5, 5.41) is 2.65. The smallest absolute Gasteiger partial charge is 0.343 e. The molecule has 2 aliphatic heterocycles. The van der Waals surface area contributed by atoms with Gasteiger partial charge < -0.3 is 19.7 Å². The van der Waals surface area contributed by atoms with E-state index in [1.54, 1.807) is 30.3 Å². The average molecular weight is 380 g/mol. The molecule has 1 fully saturated rings. The van der Waals surface area contributed by atoms with Crippen molar-refractivity contribution in [3.8, 4) is 11.5 Å². The second-order valence-electron chi connectivity index (χ2n) is 6.49. The maximum atomic E-state index is 12.9. The molecule has 0 unspecified atom stereocenters. The maximum Gasteiger partial charge on any atom is 0.343 e. The Morgan fingerprint density at radius 1 is 1.11 bits per heavy atom. The van der Waals surface area contributed by atoms with Gasteiger partial charge in [0.05, 0.1) is 30.5 Å². The Hall–Kier alpha value is -3.68. The van der Waals surface area contributed by atoms with Crippen molar-refractivity contribution in [2.45, 2.75) is 12.5 Å². The first-order valence-electron chi connectivity index (χ1n) is 8.60. The van der Waals surface area contributed by atoms with E-state index in [0.29, 0.717) is 5.56 Å². The maximum absolute atomic E-state index is 12.9. The minimum absolute atomic E-state index is 0.0153. The zero-order chi connectivity index (χ0) is 19.8. The van der Waals surface area contributed by atoms with Gasteiger partial charge in [0.15, 0.2) is 17.3 Å². The van der Waals surface area contributed by atoms with Crippen molar-refractivity contribution in [1.29, 1.82) is 0 Å². The van der Waals surface area contributed by atoms with Crippen molar-refractivity contribution < 1.29 is 28.7 Å². The number of ketones is 1. The number of carbonyl (C=O) groups is 4. The molecule has 1 atom stereocenters. The van der Waals surface area contributed by atoms with Gasteiger partial charge in [-0.2, -0.15) is 0 Å². The van der Waals surface area contributed by atoms with Crippen LogP contribution in [0.25, 0.3) is 0 Å². The number of hydrogen-bond acceptors (Lipinski definition) is 6. The molecule has 0 bridgehead atoms. The Morgan fingerprint density at radius 3 is 2.57 bits per heavy atom. The number of ether oxygens (including phenoxy) is 2. The van der Waals surface area contributed by atoms with Gasteiger partial charge in [0.2, 0.25) is 5.91 Å². The van der Waals surface area contributed by atoms with Crippen LogP contribution in [0.2, 0.25) is 0 Å². The predicted octanol–water partition coefficient (Wildman–Crippen LogP) is 1.65. The van der Waals surface area contributed by atoms with Gasteiger partial charge in [-0.3, -0.25) is 14.4 Å². The van der Waals surface area contributed by atoms with Gasteiger partial charge in [-0.15, -0.1) is 0 Å². The van der Waals surface area contributed by atoms with E-state index in [4.69, 9.17) is 9.47 Å². The Bertz CT molecular complexity index is 1000. The van der Waals surface area contributed by atoms with Crippen LogP contribution in [0.4, 0.5) is 5.69 Å². The number of nitrogens with one attached hydrogen (secondary N) is 1. The monoisotopic (exact) mass is 380 g/mol. The minimum atomic E-state index is -0.839. The second-order valence-corrected chi connectivity index (χ2v) is 6.49. The van der Waals surface area contributed by atoms with Crippen LogP contribution in [0.1, 0.15) is 27.1 Å². The van der Waals surface area contributed by atoms with E-state index in [1.165, 1.54) is 24.1 Å². The fourth-order valence-corrected chi connectivity index (χ4v) is 3.32. The number of Topliss-reactive ketones (excluding diaryl/α,β-unsaturated/α-hetero) is 1. The zero-order valence-electron chi connectivity index (χ0n) is 14.9. The summed E-state index contributed by atoms with van der Waals surface area (Å²) in [5.74, 6) is -1.45. The lowest BCUT2D eigenvalue weighted by Crippen LogP contribution is -2.40. The molecule has 0 aliphatic carbocycles. The Balaban J connectivity index is 1.71. The van der Waals surface area contributed by atoms with Crippen LogP contribution in [0.5, 0.6) is 11.5 Å². The van der Waals surface area contributed by atoms with Crippen LogP contribution >= 0.6 is 0 Å². The Kier molecular flexibility index (Phi) is 4.31. The molecular formula is C20H16N2O6. The third kappa shape index (κ3) is 2.98. The predicted molar refractivity (Wildman–Crippen MR) is 97.5 cm³/mol. The lowest BCUT2D eigenvalue weighted by atomic mass is 10.1. The molecule has 4 rings (SSSR count). The quantitative estimate of drug-likeness (QED) is 0.642. The molecule has 2 aromatic carbocycles. The number of anilines is 1. The number of benzene rings is 2. The molecule has 2 aromatic rings. The summed E-state index contributed by atoms with van der Waals surface area (Å²) in [4.78, 5) is 50.6. The summed E-state index contributed by atoms with van der Waals surface area (Å²) < 4.78 is 10.7. The first kappa shape index (κ1) is 17.7. The van der Waals surface area contributed by atoms with Gasteiger partial charge in [-0.25, -0.2) is 4.79 Å². The largest absolute Gasteiger partial charge is 0.493 e. The van der Waals surface area contributed by atoms with Gasteiger partial charge in [0.1, 0.15) is 6.04 Å². The molecule has 8 nitrogen and oxygen atoms in total. The molecule has 1 saturated heterocycles. The van der Waals surface area contributed by atoms with E-state index in [1.807, 2.05) is 0 Å². The molecule has 0 radical (unpaired) electrons. The highest BCUT2D eigenvalue weighted by atomic mass is 16.6.